The van der Waals surface area contributed by atoms with Crippen molar-refractivity contribution >= 4 is 10.0 Å². The van der Waals surface area contributed by atoms with E-state index < -0.39 is 10.0 Å². The van der Waals surface area contributed by atoms with Gasteiger partial charge in [0, 0.05) is 24.7 Å². The summed E-state index contributed by atoms with van der Waals surface area (Å²) in [5.74, 6) is 0. The minimum atomic E-state index is -3.52. The number of aromatic amines is 1. The van der Waals surface area contributed by atoms with Gasteiger partial charge in [0.15, 0.2) is 5.03 Å². The molecule has 0 saturated heterocycles. The summed E-state index contributed by atoms with van der Waals surface area (Å²) in [6, 6.07) is -0.0675. The lowest BCUT2D eigenvalue weighted by Gasteiger charge is -2.25. The number of hydrogen-bond donors (Lipinski definition) is 2. The molecule has 0 saturated carbocycles. The molecule has 0 fully saturated rings. The molecule has 0 bridgehead atoms. The summed E-state index contributed by atoms with van der Waals surface area (Å²) < 4.78 is 27.2. The van der Waals surface area contributed by atoms with Crippen LogP contribution in [0.2, 0.25) is 0 Å². The number of hydrogen-bond acceptors (Lipinski definition) is 4. The fourth-order valence-corrected chi connectivity index (χ4v) is 3.98. The van der Waals surface area contributed by atoms with E-state index in [0.717, 1.165) is 25.8 Å². The van der Waals surface area contributed by atoms with Crippen molar-refractivity contribution in [2.45, 2.75) is 64.6 Å². The summed E-state index contributed by atoms with van der Waals surface area (Å²) in [6.45, 7) is 9.75. The Balaban J connectivity index is 2.97. The van der Waals surface area contributed by atoms with E-state index in [-0.39, 0.29) is 11.1 Å². The first-order valence-corrected chi connectivity index (χ1v) is 9.13. The number of sulfonamides is 1. The number of rotatable bonds is 10. The van der Waals surface area contributed by atoms with E-state index in [1.54, 1.807) is 10.5 Å². The van der Waals surface area contributed by atoms with Crippen LogP contribution in [0.5, 0.6) is 0 Å². The predicted molar refractivity (Wildman–Crippen MR) is 84.5 cm³/mol. The molecule has 0 atom stereocenters. The van der Waals surface area contributed by atoms with Gasteiger partial charge in [0.2, 0.25) is 0 Å². The number of unbranched alkanes of at least 4 members (excludes halogenated alkanes) is 2. The molecule has 0 aliphatic heterocycles. The van der Waals surface area contributed by atoms with E-state index in [1.165, 1.54) is 0 Å². The quantitative estimate of drug-likeness (QED) is 0.648. The average molecular weight is 316 g/mol. The van der Waals surface area contributed by atoms with Crippen LogP contribution < -0.4 is 5.32 Å². The van der Waals surface area contributed by atoms with Crippen LogP contribution in [-0.2, 0) is 16.6 Å². The topological polar surface area (TPSA) is 78.1 Å². The van der Waals surface area contributed by atoms with Crippen molar-refractivity contribution in [1.82, 2.24) is 19.8 Å². The van der Waals surface area contributed by atoms with Crippen LogP contribution >= 0.6 is 0 Å². The van der Waals surface area contributed by atoms with Crippen molar-refractivity contribution in [2.24, 2.45) is 0 Å². The third-order valence-electron chi connectivity index (χ3n) is 3.37. The van der Waals surface area contributed by atoms with Crippen molar-refractivity contribution in [2.75, 3.05) is 13.1 Å². The molecule has 0 aliphatic carbocycles. The standard InChI is InChI=1S/C14H28N4O2S/c1-5-7-8-9-18(12(3)4)21(19,20)14-13(10-15-6-2)11-16-17-14/h11-12,15H,5-10H2,1-4H3,(H,16,17). The van der Waals surface area contributed by atoms with E-state index in [4.69, 9.17) is 0 Å². The lowest BCUT2D eigenvalue weighted by molar-refractivity contribution is 0.344. The van der Waals surface area contributed by atoms with Crippen molar-refractivity contribution in [3.8, 4) is 0 Å². The Morgan fingerprint density at radius 1 is 1.33 bits per heavy atom. The molecule has 0 radical (unpaired) electrons. The molecule has 122 valence electrons. The van der Waals surface area contributed by atoms with Gasteiger partial charge in [0.05, 0.1) is 6.20 Å². The summed E-state index contributed by atoms with van der Waals surface area (Å²) in [7, 11) is -3.52. The molecular formula is C14H28N4O2S. The number of H-pyrrole nitrogens is 1. The van der Waals surface area contributed by atoms with Gasteiger partial charge in [0.25, 0.3) is 10.0 Å². The fraction of sp³-hybridized carbons (Fsp3) is 0.786. The Hall–Kier alpha value is -0.920. The van der Waals surface area contributed by atoms with Gasteiger partial charge in [-0.3, -0.25) is 5.10 Å². The lowest BCUT2D eigenvalue weighted by atomic mass is 10.2. The maximum atomic E-state index is 12.8. The molecule has 0 aliphatic rings. The van der Waals surface area contributed by atoms with Gasteiger partial charge < -0.3 is 5.32 Å². The molecular weight excluding hydrogens is 288 g/mol. The van der Waals surface area contributed by atoms with Crippen LogP contribution in [0, 0.1) is 0 Å². The summed E-state index contributed by atoms with van der Waals surface area (Å²) >= 11 is 0. The van der Waals surface area contributed by atoms with Crippen LogP contribution in [0.25, 0.3) is 0 Å². The van der Waals surface area contributed by atoms with Gasteiger partial charge in [-0.1, -0.05) is 26.7 Å². The van der Waals surface area contributed by atoms with Crippen molar-refractivity contribution in [3.63, 3.8) is 0 Å². The lowest BCUT2D eigenvalue weighted by Crippen LogP contribution is -2.38. The van der Waals surface area contributed by atoms with Crippen LogP contribution in [0.15, 0.2) is 11.2 Å². The molecule has 6 nitrogen and oxygen atoms in total. The van der Waals surface area contributed by atoms with Gasteiger partial charge in [-0.25, -0.2) is 8.42 Å². The van der Waals surface area contributed by atoms with Gasteiger partial charge in [0.1, 0.15) is 0 Å². The van der Waals surface area contributed by atoms with E-state index in [2.05, 4.69) is 22.4 Å². The SMILES string of the molecule is CCCCCN(C(C)C)S(=O)(=O)c1[nH]ncc1CNCC. The smallest absolute Gasteiger partial charge is 0.260 e. The minimum Gasteiger partial charge on any atom is -0.313 e. The molecule has 1 aromatic rings. The molecule has 0 amide bonds. The highest BCUT2D eigenvalue weighted by atomic mass is 32.2. The molecule has 1 aromatic heterocycles. The monoisotopic (exact) mass is 316 g/mol. The maximum absolute atomic E-state index is 12.8. The zero-order valence-electron chi connectivity index (χ0n) is 13.5. The Morgan fingerprint density at radius 3 is 2.62 bits per heavy atom. The Labute approximate surface area is 128 Å². The van der Waals surface area contributed by atoms with Gasteiger partial charge in [-0.15, -0.1) is 0 Å². The van der Waals surface area contributed by atoms with Crippen molar-refractivity contribution in [3.05, 3.63) is 11.8 Å². The summed E-state index contributed by atoms with van der Waals surface area (Å²) in [5, 5.41) is 9.93. The maximum Gasteiger partial charge on any atom is 0.260 e. The van der Waals surface area contributed by atoms with Crippen LogP contribution in [0.4, 0.5) is 0 Å². The van der Waals surface area contributed by atoms with Gasteiger partial charge in [-0.2, -0.15) is 9.40 Å². The summed E-state index contributed by atoms with van der Waals surface area (Å²) in [5.41, 5.74) is 0.693. The zero-order valence-corrected chi connectivity index (χ0v) is 14.3. The fourth-order valence-electron chi connectivity index (χ4n) is 2.20. The molecule has 0 spiro atoms. The molecule has 0 aromatic carbocycles. The molecule has 7 heteroatoms. The Bertz CT molecular complexity index is 511. The molecule has 21 heavy (non-hydrogen) atoms. The number of aromatic nitrogens is 2. The van der Waals surface area contributed by atoms with E-state index in [9.17, 15) is 8.42 Å². The predicted octanol–water partition coefficient (Wildman–Crippen LogP) is 2.11. The highest BCUT2D eigenvalue weighted by Crippen LogP contribution is 2.20. The number of nitrogens with one attached hydrogen (secondary N) is 2. The number of nitrogens with zero attached hydrogens (tertiary/aromatic N) is 2. The molecule has 2 N–H and O–H groups in total. The Kier molecular flexibility index (Phi) is 7.34. The second kappa shape index (κ2) is 8.51. The molecule has 1 heterocycles. The highest BCUT2D eigenvalue weighted by Gasteiger charge is 2.30. The normalized spacial score (nSPS) is 12.5. The molecule has 1 rings (SSSR count). The first kappa shape index (κ1) is 18.1. The van der Waals surface area contributed by atoms with E-state index in [1.807, 2.05) is 20.8 Å². The van der Waals surface area contributed by atoms with Gasteiger partial charge in [-0.05, 0) is 26.8 Å². The zero-order chi connectivity index (χ0) is 15.9. The first-order chi connectivity index (χ1) is 9.95. The van der Waals surface area contributed by atoms with Crippen molar-refractivity contribution in [1.29, 1.82) is 0 Å². The van der Waals surface area contributed by atoms with Crippen molar-refractivity contribution < 1.29 is 8.42 Å². The van der Waals surface area contributed by atoms with Crippen LogP contribution in [-0.4, -0.2) is 42.1 Å². The Morgan fingerprint density at radius 2 is 2.05 bits per heavy atom. The second-order valence-corrected chi connectivity index (χ2v) is 7.25. The van der Waals surface area contributed by atoms with Crippen LogP contribution in [0.1, 0.15) is 52.5 Å². The second-order valence-electron chi connectivity index (χ2n) is 5.42. The van der Waals surface area contributed by atoms with E-state index >= 15 is 0 Å². The largest absolute Gasteiger partial charge is 0.313 e. The van der Waals surface area contributed by atoms with E-state index in [0.29, 0.717) is 18.7 Å². The average Bonchev–Trinajstić information content (AvgIpc) is 2.89. The van der Waals surface area contributed by atoms with Gasteiger partial charge >= 0.3 is 0 Å². The third-order valence-corrected chi connectivity index (χ3v) is 5.46. The summed E-state index contributed by atoms with van der Waals surface area (Å²) in [6.07, 6.45) is 4.57. The first-order valence-electron chi connectivity index (χ1n) is 7.69. The molecule has 0 unspecified atom stereocenters. The van der Waals surface area contributed by atoms with Crippen LogP contribution in [0.3, 0.4) is 0 Å². The minimum absolute atomic E-state index is 0.0675. The summed E-state index contributed by atoms with van der Waals surface area (Å²) in [4.78, 5) is 0. The highest BCUT2D eigenvalue weighted by molar-refractivity contribution is 7.89. The third kappa shape index (κ3) is 4.79.